The fraction of sp³-hybridized carbons (Fsp3) is 0.167. The Labute approximate surface area is 77.2 Å². The molecule has 0 fully saturated rings. The molecule has 0 atom stereocenters. The summed E-state index contributed by atoms with van der Waals surface area (Å²) >= 11 is 3.12. The van der Waals surface area contributed by atoms with Gasteiger partial charge in [0.05, 0.1) is 0 Å². The molecule has 12 heavy (non-hydrogen) atoms. The van der Waals surface area contributed by atoms with Crippen molar-refractivity contribution in [3.05, 3.63) is 6.33 Å². The number of fused-ring (bicyclic) bond motifs is 1. The van der Waals surface area contributed by atoms with Crippen LogP contribution in [0.5, 0.6) is 0 Å². The fourth-order valence-electron chi connectivity index (χ4n) is 0.839. The molecule has 0 aromatic carbocycles. The van der Waals surface area contributed by atoms with Crippen LogP contribution in [-0.4, -0.2) is 21.2 Å². The third-order valence-corrected chi connectivity index (χ3v) is 3.33. The van der Waals surface area contributed by atoms with Crippen LogP contribution in [0.1, 0.15) is 0 Å². The first-order chi connectivity index (χ1) is 5.81. The molecule has 2 heterocycles. The maximum atomic E-state index is 5.61. The van der Waals surface area contributed by atoms with Crippen molar-refractivity contribution >= 4 is 39.3 Å². The van der Waals surface area contributed by atoms with Gasteiger partial charge in [-0.2, -0.15) is 0 Å². The summed E-state index contributed by atoms with van der Waals surface area (Å²) in [5, 5.41) is 0. The number of nitrogen functional groups attached to an aromatic ring is 1. The SMILES string of the molecule is CSc1nc2c(N)ncnc2s1. The third kappa shape index (κ3) is 1.12. The Balaban J connectivity index is 2.74. The largest absolute Gasteiger partial charge is 0.382 e. The highest BCUT2D eigenvalue weighted by Crippen LogP contribution is 2.27. The van der Waals surface area contributed by atoms with E-state index in [0.29, 0.717) is 11.3 Å². The molecule has 2 N–H and O–H groups in total. The zero-order valence-electron chi connectivity index (χ0n) is 6.31. The van der Waals surface area contributed by atoms with Crippen LogP contribution in [0.25, 0.3) is 10.3 Å². The Morgan fingerprint density at radius 1 is 1.50 bits per heavy atom. The number of thiazole rings is 1. The predicted molar refractivity (Wildman–Crippen MR) is 51.4 cm³/mol. The van der Waals surface area contributed by atoms with Crippen molar-refractivity contribution < 1.29 is 0 Å². The van der Waals surface area contributed by atoms with Crippen molar-refractivity contribution in [2.24, 2.45) is 0 Å². The number of nitrogens with two attached hydrogens (primary N) is 1. The van der Waals surface area contributed by atoms with E-state index in [1.54, 1.807) is 11.8 Å². The Kier molecular flexibility index (Phi) is 1.86. The lowest BCUT2D eigenvalue weighted by atomic mass is 10.5. The normalized spacial score (nSPS) is 10.8. The smallest absolute Gasteiger partial charge is 0.154 e. The quantitative estimate of drug-likeness (QED) is 0.701. The van der Waals surface area contributed by atoms with Gasteiger partial charge < -0.3 is 5.73 Å². The Bertz CT molecular complexity index is 411. The zero-order chi connectivity index (χ0) is 8.55. The van der Waals surface area contributed by atoms with E-state index in [-0.39, 0.29) is 0 Å². The van der Waals surface area contributed by atoms with Gasteiger partial charge in [0.1, 0.15) is 16.7 Å². The van der Waals surface area contributed by atoms with E-state index < -0.39 is 0 Å². The lowest BCUT2D eigenvalue weighted by Gasteiger charge is -1.88. The summed E-state index contributed by atoms with van der Waals surface area (Å²) in [6.45, 7) is 0. The van der Waals surface area contributed by atoms with Gasteiger partial charge in [0.15, 0.2) is 10.2 Å². The maximum absolute atomic E-state index is 5.61. The molecule has 0 radical (unpaired) electrons. The Morgan fingerprint density at radius 2 is 2.33 bits per heavy atom. The standard InChI is InChI=1S/C6H6N4S2/c1-11-6-10-3-4(7)8-2-9-5(3)12-6/h2H,1H3,(H2,7,8,9). The highest BCUT2D eigenvalue weighted by molar-refractivity contribution is 8.00. The highest BCUT2D eigenvalue weighted by Gasteiger charge is 2.06. The second-order valence-corrected chi connectivity index (χ2v) is 4.13. The molecule has 0 amide bonds. The summed E-state index contributed by atoms with van der Waals surface area (Å²) in [5.41, 5.74) is 6.32. The van der Waals surface area contributed by atoms with E-state index >= 15 is 0 Å². The molecule has 4 nitrogen and oxygen atoms in total. The van der Waals surface area contributed by atoms with Crippen LogP contribution in [-0.2, 0) is 0 Å². The molecule has 2 aromatic heterocycles. The molecule has 0 aliphatic heterocycles. The van der Waals surface area contributed by atoms with Crippen molar-refractivity contribution in [3.8, 4) is 0 Å². The van der Waals surface area contributed by atoms with Crippen molar-refractivity contribution in [3.63, 3.8) is 0 Å². The average molecular weight is 198 g/mol. The molecule has 2 rings (SSSR count). The summed E-state index contributed by atoms with van der Waals surface area (Å²) in [6, 6.07) is 0. The molecule has 0 saturated heterocycles. The van der Waals surface area contributed by atoms with Crippen LogP contribution in [0.3, 0.4) is 0 Å². The molecule has 62 valence electrons. The van der Waals surface area contributed by atoms with Crippen molar-refractivity contribution in [2.75, 3.05) is 12.0 Å². The van der Waals surface area contributed by atoms with E-state index in [1.165, 1.54) is 17.7 Å². The molecule has 2 aromatic rings. The predicted octanol–water partition coefficient (Wildman–Crippen LogP) is 1.39. The van der Waals surface area contributed by atoms with Gasteiger partial charge in [-0.15, -0.1) is 0 Å². The van der Waals surface area contributed by atoms with Gasteiger partial charge in [-0.05, 0) is 6.26 Å². The second kappa shape index (κ2) is 2.87. The summed E-state index contributed by atoms with van der Waals surface area (Å²) in [5.74, 6) is 0.455. The molecule has 0 aliphatic carbocycles. The van der Waals surface area contributed by atoms with Gasteiger partial charge in [-0.3, -0.25) is 0 Å². The minimum absolute atomic E-state index is 0.455. The first kappa shape index (κ1) is 7.75. The molecule has 0 saturated carbocycles. The molecule has 0 spiro atoms. The lowest BCUT2D eigenvalue weighted by Crippen LogP contribution is -1.91. The van der Waals surface area contributed by atoms with Crippen molar-refractivity contribution in [2.45, 2.75) is 4.34 Å². The zero-order valence-corrected chi connectivity index (χ0v) is 7.95. The van der Waals surface area contributed by atoms with Gasteiger partial charge in [-0.25, -0.2) is 15.0 Å². The van der Waals surface area contributed by atoms with Crippen LogP contribution in [0.2, 0.25) is 0 Å². The van der Waals surface area contributed by atoms with E-state index in [9.17, 15) is 0 Å². The van der Waals surface area contributed by atoms with Crippen LogP contribution < -0.4 is 5.73 Å². The number of thioether (sulfide) groups is 1. The molecule has 0 unspecified atom stereocenters. The second-order valence-electron chi connectivity index (χ2n) is 2.10. The fourth-order valence-corrected chi connectivity index (χ4v) is 2.24. The van der Waals surface area contributed by atoms with Gasteiger partial charge in [-0.1, -0.05) is 23.1 Å². The molecule has 0 aliphatic rings. The van der Waals surface area contributed by atoms with E-state index in [0.717, 1.165) is 9.17 Å². The number of hydrogen-bond acceptors (Lipinski definition) is 6. The topological polar surface area (TPSA) is 64.7 Å². The summed E-state index contributed by atoms with van der Waals surface area (Å²) in [7, 11) is 0. The molecular weight excluding hydrogens is 192 g/mol. The van der Waals surface area contributed by atoms with Gasteiger partial charge in [0.25, 0.3) is 0 Å². The molecule has 6 heteroatoms. The number of nitrogens with zero attached hydrogens (tertiary/aromatic N) is 3. The van der Waals surface area contributed by atoms with Crippen LogP contribution >= 0.6 is 23.1 Å². The number of hydrogen-bond donors (Lipinski definition) is 1. The Hall–Kier alpha value is -0.880. The van der Waals surface area contributed by atoms with E-state index in [2.05, 4.69) is 15.0 Å². The number of anilines is 1. The number of aromatic nitrogens is 3. The molecule has 0 bridgehead atoms. The van der Waals surface area contributed by atoms with Crippen LogP contribution in [0.15, 0.2) is 10.7 Å². The van der Waals surface area contributed by atoms with Gasteiger partial charge in [0.2, 0.25) is 0 Å². The minimum atomic E-state index is 0.455. The van der Waals surface area contributed by atoms with Gasteiger partial charge in [0, 0.05) is 0 Å². The lowest BCUT2D eigenvalue weighted by molar-refractivity contribution is 1.21. The summed E-state index contributed by atoms with van der Waals surface area (Å²) in [4.78, 5) is 13.0. The summed E-state index contributed by atoms with van der Waals surface area (Å²) in [6.07, 6.45) is 3.43. The van der Waals surface area contributed by atoms with Gasteiger partial charge >= 0.3 is 0 Å². The van der Waals surface area contributed by atoms with E-state index in [1.807, 2.05) is 6.26 Å². The summed E-state index contributed by atoms with van der Waals surface area (Å²) < 4.78 is 0.970. The number of rotatable bonds is 1. The van der Waals surface area contributed by atoms with E-state index in [4.69, 9.17) is 5.73 Å². The molecular formula is C6H6N4S2. The van der Waals surface area contributed by atoms with Crippen molar-refractivity contribution in [1.29, 1.82) is 0 Å². The van der Waals surface area contributed by atoms with Crippen LogP contribution in [0.4, 0.5) is 5.82 Å². The van der Waals surface area contributed by atoms with Crippen LogP contribution in [0, 0.1) is 0 Å². The van der Waals surface area contributed by atoms with Crippen molar-refractivity contribution in [1.82, 2.24) is 15.0 Å². The minimum Gasteiger partial charge on any atom is -0.382 e. The average Bonchev–Trinajstić information content (AvgIpc) is 2.49. The first-order valence-electron chi connectivity index (χ1n) is 3.22. The Morgan fingerprint density at radius 3 is 3.00 bits per heavy atom. The highest BCUT2D eigenvalue weighted by atomic mass is 32.2. The third-order valence-electron chi connectivity index (χ3n) is 1.38. The monoisotopic (exact) mass is 198 g/mol. The first-order valence-corrected chi connectivity index (χ1v) is 5.26. The maximum Gasteiger partial charge on any atom is 0.154 e.